The molecule has 3 heterocycles. The number of ether oxygens (including phenoxy) is 1. The first-order chi connectivity index (χ1) is 17.6. The third-order valence-electron chi connectivity index (χ3n) is 6.03. The van der Waals surface area contributed by atoms with Gasteiger partial charge < -0.3 is 19.1 Å². The molecule has 0 spiro atoms. The lowest BCUT2D eigenvalue weighted by atomic mass is 10.0. The van der Waals surface area contributed by atoms with Crippen LogP contribution in [0, 0.1) is 0 Å². The van der Waals surface area contributed by atoms with E-state index in [4.69, 9.17) is 0 Å². The number of ketones is 2. The molecular formula is C26H25F3N4O4. The number of anilines is 1. The predicted molar refractivity (Wildman–Crippen MR) is 130 cm³/mol. The molecule has 3 aromatic rings. The number of carbonyl (C=O) groups excluding carboxylic acids is 2. The van der Waals surface area contributed by atoms with E-state index in [9.17, 15) is 27.6 Å². The van der Waals surface area contributed by atoms with Crippen molar-refractivity contribution in [1.29, 1.82) is 0 Å². The number of hydrogen-bond acceptors (Lipinski definition) is 7. The van der Waals surface area contributed by atoms with Crippen LogP contribution in [0.1, 0.15) is 32.7 Å². The van der Waals surface area contributed by atoms with Crippen molar-refractivity contribution >= 4 is 17.4 Å². The highest BCUT2D eigenvalue weighted by molar-refractivity contribution is 6.13. The molecule has 1 fully saturated rings. The molecule has 4 rings (SSSR count). The average Bonchev–Trinajstić information content (AvgIpc) is 2.85. The quantitative estimate of drug-likeness (QED) is 0.337. The number of rotatable bonds is 8. The van der Waals surface area contributed by atoms with Crippen LogP contribution in [0.25, 0.3) is 0 Å². The molecule has 0 atom stereocenters. The zero-order chi connectivity index (χ0) is 26.6. The summed E-state index contributed by atoms with van der Waals surface area (Å²) >= 11 is 0. The first kappa shape index (κ1) is 26.1. The van der Waals surface area contributed by atoms with Gasteiger partial charge in [-0.2, -0.15) is 0 Å². The number of piperazine rings is 1. The summed E-state index contributed by atoms with van der Waals surface area (Å²) in [6, 6.07) is 10.7. The van der Waals surface area contributed by atoms with E-state index in [-0.39, 0.29) is 23.2 Å². The molecule has 1 aliphatic rings. The topological polar surface area (TPSA) is 84.7 Å². The second kappa shape index (κ2) is 11.0. The molecule has 0 saturated carbocycles. The van der Waals surface area contributed by atoms with Crippen LogP contribution < -0.4 is 15.2 Å². The van der Waals surface area contributed by atoms with Crippen LogP contribution in [0.4, 0.5) is 19.0 Å². The number of nitrogens with zero attached hydrogens (tertiary/aromatic N) is 4. The molecular weight excluding hydrogens is 489 g/mol. The monoisotopic (exact) mass is 514 g/mol. The van der Waals surface area contributed by atoms with Gasteiger partial charge in [0.05, 0.1) is 13.0 Å². The summed E-state index contributed by atoms with van der Waals surface area (Å²) in [6.07, 6.45) is -2.24. The number of carbonyl (C=O) groups is 2. The standard InChI is InChI=1S/C26H25F3N4O4/c1-31-10-12-32(13-11-31)24-14-18(8-9-30-24)16-33-17-20(4-7-25(33)36)23(35)15-22(34)19-2-5-21(6-3-19)37-26(27,28)29/h2-9,14,17H,10-13,15-16H2,1H3. The molecule has 0 aliphatic carbocycles. The third-order valence-corrected chi connectivity index (χ3v) is 6.03. The van der Waals surface area contributed by atoms with Gasteiger partial charge in [0.25, 0.3) is 5.56 Å². The number of benzene rings is 1. The normalized spacial score (nSPS) is 14.4. The van der Waals surface area contributed by atoms with E-state index in [0.29, 0.717) is 0 Å². The van der Waals surface area contributed by atoms with Crippen LogP contribution in [0.15, 0.2) is 65.7 Å². The molecule has 2 aromatic heterocycles. The second-order valence-corrected chi connectivity index (χ2v) is 8.79. The Morgan fingerprint density at radius 2 is 1.59 bits per heavy atom. The molecule has 0 bridgehead atoms. The van der Waals surface area contributed by atoms with Crippen molar-refractivity contribution in [2.45, 2.75) is 19.3 Å². The maximum Gasteiger partial charge on any atom is 0.573 e. The fourth-order valence-corrected chi connectivity index (χ4v) is 3.98. The molecule has 0 unspecified atom stereocenters. The smallest absolute Gasteiger partial charge is 0.406 e. The summed E-state index contributed by atoms with van der Waals surface area (Å²) in [5, 5.41) is 0. The SMILES string of the molecule is CN1CCN(c2cc(Cn3cc(C(=O)CC(=O)c4ccc(OC(F)(F)F)cc4)ccc3=O)ccn2)CC1. The van der Waals surface area contributed by atoms with Crippen molar-refractivity contribution in [1.82, 2.24) is 14.5 Å². The van der Waals surface area contributed by atoms with Crippen LogP contribution in [-0.4, -0.2) is 65.6 Å². The molecule has 11 heteroatoms. The minimum Gasteiger partial charge on any atom is -0.406 e. The van der Waals surface area contributed by atoms with E-state index < -0.39 is 30.1 Å². The van der Waals surface area contributed by atoms with Crippen LogP contribution in [0.3, 0.4) is 0 Å². The zero-order valence-corrected chi connectivity index (χ0v) is 20.1. The van der Waals surface area contributed by atoms with Gasteiger partial charge in [-0.1, -0.05) is 0 Å². The Hall–Kier alpha value is -3.99. The maximum atomic E-state index is 12.8. The molecule has 1 aliphatic heterocycles. The second-order valence-electron chi connectivity index (χ2n) is 8.79. The number of Topliss-reactive ketones (excluding diaryl/α,β-unsaturated/α-hetero) is 2. The van der Waals surface area contributed by atoms with Gasteiger partial charge in [-0.05, 0) is 55.1 Å². The Balaban J connectivity index is 1.43. The molecule has 0 N–H and O–H groups in total. The molecule has 0 amide bonds. The largest absolute Gasteiger partial charge is 0.573 e. The lowest BCUT2D eigenvalue weighted by molar-refractivity contribution is -0.274. The number of halogens is 3. The summed E-state index contributed by atoms with van der Waals surface area (Å²) in [7, 11) is 2.07. The Bertz CT molecular complexity index is 1330. The van der Waals surface area contributed by atoms with Crippen molar-refractivity contribution in [3.05, 3.63) is 88.0 Å². The Kier molecular flexibility index (Phi) is 7.72. The third kappa shape index (κ3) is 7.04. The summed E-state index contributed by atoms with van der Waals surface area (Å²) in [5.41, 5.74) is 0.789. The lowest BCUT2D eigenvalue weighted by Gasteiger charge is -2.33. The minimum absolute atomic E-state index is 0.0735. The predicted octanol–water partition coefficient (Wildman–Crippen LogP) is 3.40. The molecule has 1 saturated heterocycles. The summed E-state index contributed by atoms with van der Waals surface area (Å²) in [6.45, 7) is 3.78. The van der Waals surface area contributed by atoms with E-state index in [2.05, 4.69) is 26.6 Å². The number of hydrogen-bond donors (Lipinski definition) is 0. The molecule has 194 valence electrons. The fraction of sp³-hybridized carbons (Fsp3) is 0.308. The lowest BCUT2D eigenvalue weighted by Crippen LogP contribution is -2.44. The minimum atomic E-state index is -4.84. The maximum absolute atomic E-state index is 12.8. The van der Waals surface area contributed by atoms with Crippen LogP contribution >= 0.6 is 0 Å². The Labute approximate surface area is 210 Å². The van der Waals surface area contributed by atoms with Crippen LogP contribution in [0.2, 0.25) is 0 Å². The molecule has 1 aromatic carbocycles. The first-order valence-electron chi connectivity index (χ1n) is 11.6. The Morgan fingerprint density at radius 1 is 0.946 bits per heavy atom. The summed E-state index contributed by atoms with van der Waals surface area (Å²) in [4.78, 5) is 46.6. The highest BCUT2D eigenvalue weighted by Gasteiger charge is 2.31. The number of likely N-dealkylation sites (N-methyl/N-ethyl adjacent to an activating group) is 1. The van der Waals surface area contributed by atoms with Gasteiger partial charge in [0.1, 0.15) is 11.6 Å². The first-order valence-corrected chi connectivity index (χ1v) is 11.6. The summed E-state index contributed by atoms with van der Waals surface area (Å²) < 4.78 is 42.1. The van der Waals surface area contributed by atoms with Gasteiger partial charge in [0, 0.05) is 55.8 Å². The van der Waals surface area contributed by atoms with Crippen LogP contribution in [0.5, 0.6) is 5.75 Å². The Morgan fingerprint density at radius 3 is 2.27 bits per heavy atom. The number of alkyl halides is 3. The van der Waals surface area contributed by atoms with Crippen molar-refractivity contribution < 1.29 is 27.5 Å². The fourth-order valence-electron chi connectivity index (χ4n) is 3.98. The van der Waals surface area contributed by atoms with E-state index >= 15 is 0 Å². The van der Waals surface area contributed by atoms with Gasteiger partial charge in [-0.15, -0.1) is 13.2 Å². The van der Waals surface area contributed by atoms with Crippen molar-refractivity contribution in [3.63, 3.8) is 0 Å². The van der Waals surface area contributed by atoms with E-state index in [1.165, 1.54) is 35.0 Å². The number of aromatic nitrogens is 2. The van der Waals surface area contributed by atoms with Gasteiger partial charge in [-0.25, -0.2) is 4.98 Å². The van der Waals surface area contributed by atoms with Gasteiger partial charge in [0.2, 0.25) is 0 Å². The van der Waals surface area contributed by atoms with Gasteiger partial charge in [-0.3, -0.25) is 14.4 Å². The zero-order valence-electron chi connectivity index (χ0n) is 20.1. The molecule has 37 heavy (non-hydrogen) atoms. The van der Waals surface area contributed by atoms with E-state index in [1.807, 2.05) is 6.07 Å². The number of pyridine rings is 2. The van der Waals surface area contributed by atoms with Crippen LogP contribution in [-0.2, 0) is 6.54 Å². The van der Waals surface area contributed by atoms with Crippen molar-refractivity contribution in [2.24, 2.45) is 0 Å². The highest BCUT2D eigenvalue weighted by atomic mass is 19.4. The van der Waals surface area contributed by atoms with Gasteiger partial charge in [0.15, 0.2) is 11.6 Å². The molecule has 0 radical (unpaired) electrons. The summed E-state index contributed by atoms with van der Waals surface area (Å²) in [5.74, 6) is -0.716. The van der Waals surface area contributed by atoms with Crippen molar-refractivity contribution in [3.8, 4) is 5.75 Å². The highest BCUT2D eigenvalue weighted by Crippen LogP contribution is 2.23. The van der Waals surface area contributed by atoms with E-state index in [0.717, 1.165) is 49.7 Å². The van der Waals surface area contributed by atoms with Gasteiger partial charge >= 0.3 is 6.36 Å². The van der Waals surface area contributed by atoms with E-state index in [1.54, 1.807) is 12.3 Å². The van der Waals surface area contributed by atoms with Crippen molar-refractivity contribution in [2.75, 3.05) is 38.1 Å². The molecule has 8 nitrogen and oxygen atoms in total. The average molecular weight is 515 g/mol.